The van der Waals surface area contributed by atoms with Crippen LogP contribution in [-0.2, 0) is 21.4 Å². The van der Waals surface area contributed by atoms with E-state index in [1.165, 1.54) is 6.08 Å². The largest absolute Gasteiger partial charge is 0.478 e. The van der Waals surface area contributed by atoms with E-state index in [4.69, 9.17) is 5.11 Å². The van der Waals surface area contributed by atoms with Crippen LogP contribution in [0.25, 0.3) is 6.08 Å². The van der Waals surface area contributed by atoms with Crippen LogP contribution in [0, 0.1) is 0 Å². The summed E-state index contributed by atoms with van der Waals surface area (Å²) in [5, 5.41) is 10.0. The standard InChI is InChI=1S/C9H9F2NO4S2/c10-9(11)18(15,16)12-5-7-6(3-4-17-7)1-2-8(13)14/h1-4,9,12H,5H2,(H,13,14). The molecular weight excluding hydrogens is 288 g/mol. The van der Waals surface area contributed by atoms with Crippen molar-refractivity contribution in [2.24, 2.45) is 0 Å². The number of hydrogen-bond donors (Lipinski definition) is 2. The SMILES string of the molecule is O=C(O)C=Cc1ccsc1CNS(=O)(=O)C(F)F. The van der Waals surface area contributed by atoms with Gasteiger partial charge in [0.15, 0.2) is 0 Å². The molecule has 0 saturated carbocycles. The van der Waals surface area contributed by atoms with Gasteiger partial charge in [0.1, 0.15) is 0 Å². The molecule has 2 N–H and O–H groups in total. The van der Waals surface area contributed by atoms with Gasteiger partial charge in [0, 0.05) is 17.5 Å². The van der Waals surface area contributed by atoms with Crippen LogP contribution in [0.3, 0.4) is 0 Å². The average molecular weight is 297 g/mol. The van der Waals surface area contributed by atoms with Crippen molar-refractivity contribution in [2.45, 2.75) is 12.3 Å². The zero-order valence-corrected chi connectivity index (χ0v) is 10.5. The number of halogens is 2. The molecule has 5 nitrogen and oxygen atoms in total. The Morgan fingerprint density at radius 2 is 2.22 bits per heavy atom. The molecular formula is C9H9F2NO4S2. The van der Waals surface area contributed by atoms with E-state index >= 15 is 0 Å². The summed E-state index contributed by atoms with van der Waals surface area (Å²) in [5.41, 5.74) is 0.472. The van der Waals surface area contributed by atoms with Gasteiger partial charge in [-0.05, 0) is 23.1 Å². The second-order valence-corrected chi connectivity index (χ2v) is 5.83. The van der Waals surface area contributed by atoms with Gasteiger partial charge in [-0.3, -0.25) is 0 Å². The molecule has 0 aromatic carbocycles. The Morgan fingerprint density at radius 3 is 2.78 bits per heavy atom. The monoisotopic (exact) mass is 297 g/mol. The number of carboxylic acids is 1. The quantitative estimate of drug-likeness (QED) is 0.779. The minimum absolute atomic E-state index is 0.302. The third-order valence-electron chi connectivity index (χ3n) is 1.85. The maximum absolute atomic E-state index is 12.1. The second kappa shape index (κ2) is 6.03. The molecule has 0 amide bonds. The van der Waals surface area contributed by atoms with E-state index in [0.29, 0.717) is 10.4 Å². The highest BCUT2D eigenvalue weighted by Crippen LogP contribution is 2.18. The maximum atomic E-state index is 12.1. The summed E-state index contributed by atoms with van der Waals surface area (Å²) in [7, 11) is -4.64. The number of thiophene rings is 1. The Balaban J connectivity index is 2.75. The van der Waals surface area contributed by atoms with Gasteiger partial charge < -0.3 is 5.11 Å². The van der Waals surface area contributed by atoms with Crippen LogP contribution in [-0.4, -0.2) is 25.3 Å². The molecule has 1 aromatic rings. The molecule has 0 unspecified atom stereocenters. The van der Waals surface area contributed by atoms with Gasteiger partial charge in [-0.2, -0.15) is 8.78 Å². The number of carbonyl (C=O) groups is 1. The number of nitrogens with one attached hydrogen (secondary N) is 1. The Labute approximate surface area is 106 Å². The molecule has 0 bridgehead atoms. The number of alkyl halides is 2. The van der Waals surface area contributed by atoms with Crippen LogP contribution >= 0.6 is 11.3 Å². The second-order valence-electron chi connectivity index (χ2n) is 3.10. The topological polar surface area (TPSA) is 83.5 Å². The average Bonchev–Trinajstić information content (AvgIpc) is 2.70. The molecule has 1 aromatic heterocycles. The van der Waals surface area contributed by atoms with Crippen molar-refractivity contribution in [3.63, 3.8) is 0 Å². The van der Waals surface area contributed by atoms with Gasteiger partial charge in [0.25, 0.3) is 10.0 Å². The molecule has 0 aliphatic heterocycles. The van der Waals surface area contributed by atoms with Gasteiger partial charge >= 0.3 is 11.7 Å². The number of sulfonamides is 1. The first-order valence-electron chi connectivity index (χ1n) is 4.57. The third kappa shape index (κ3) is 4.17. The van der Waals surface area contributed by atoms with Crippen LogP contribution in [0.2, 0.25) is 0 Å². The molecule has 0 aliphatic rings. The first kappa shape index (κ1) is 14.7. The van der Waals surface area contributed by atoms with Crippen LogP contribution in [0.5, 0.6) is 0 Å². The number of carboxylic acid groups (broad SMARTS) is 1. The van der Waals surface area contributed by atoms with Gasteiger partial charge in [-0.1, -0.05) is 0 Å². The Kier molecular flexibility index (Phi) is 4.93. The van der Waals surface area contributed by atoms with Crippen LogP contribution < -0.4 is 4.72 Å². The molecule has 100 valence electrons. The van der Waals surface area contributed by atoms with Crippen molar-refractivity contribution < 1.29 is 27.1 Å². The third-order valence-corrected chi connectivity index (χ3v) is 3.81. The Morgan fingerprint density at radius 1 is 1.56 bits per heavy atom. The van der Waals surface area contributed by atoms with E-state index in [1.54, 1.807) is 16.2 Å². The molecule has 0 aliphatic carbocycles. The minimum Gasteiger partial charge on any atom is -0.478 e. The van der Waals surface area contributed by atoms with Gasteiger partial charge in [-0.15, -0.1) is 11.3 Å². The summed E-state index contributed by atoms with van der Waals surface area (Å²) >= 11 is 1.14. The van der Waals surface area contributed by atoms with E-state index in [-0.39, 0.29) is 6.54 Å². The summed E-state index contributed by atoms with van der Waals surface area (Å²) < 4.78 is 47.5. The fourth-order valence-electron chi connectivity index (χ4n) is 1.03. The molecule has 9 heteroatoms. The first-order chi connectivity index (χ1) is 8.33. The fraction of sp³-hybridized carbons (Fsp3) is 0.222. The number of hydrogen-bond acceptors (Lipinski definition) is 4. The summed E-state index contributed by atoms with van der Waals surface area (Å²) in [5.74, 6) is -4.64. The first-order valence-corrected chi connectivity index (χ1v) is 6.99. The van der Waals surface area contributed by atoms with Crippen LogP contribution in [0.15, 0.2) is 17.5 Å². The summed E-state index contributed by atoms with van der Waals surface area (Å²) in [4.78, 5) is 10.8. The van der Waals surface area contributed by atoms with Crippen molar-refractivity contribution in [3.8, 4) is 0 Å². The molecule has 0 spiro atoms. The zero-order valence-electron chi connectivity index (χ0n) is 8.84. The smallest absolute Gasteiger partial charge is 0.350 e. The highest BCUT2D eigenvalue weighted by atomic mass is 32.2. The lowest BCUT2D eigenvalue weighted by atomic mass is 10.2. The van der Waals surface area contributed by atoms with Crippen molar-refractivity contribution in [2.75, 3.05) is 0 Å². The normalized spacial score (nSPS) is 12.4. The van der Waals surface area contributed by atoms with E-state index in [9.17, 15) is 22.0 Å². The maximum Gasteiger partial charge on any atom is 0.350 e. The van der Waals surface area contributed by atoms with E-state index < -0.39 is 21.8 Å². The van der Waals surface area contributed by atoms with Crippen molar-refractivity contribution >= 4 is 33.4 Å². The predicted molar refractivity (Wildman–Crippen MR) is 62.8 cm³/mol. The van der Waals surface area contributed by atoms with E-state index in [0.717, 1.165) is 17.4 Å². The lowest BCUT2D eigenvalue weighted by Crippen LogP contribution is -2.28. The summed E-state index contributed by atoms with van der Waals surface area (Å²) in [6.07, 6.45) is 2.15. The molecule has 0 saturated heterocycles. The molecule has 0 fully saturated rings. The predicted octanol–water partition coefficient (Wildman–Crippen LogP) is 1.49. The molecule has 1 rings (SSSR count). The van der Waals surface area contributed by atoms with Gasteiger partial charge in [-0.25, -0.2) is 17.9 Å². The number of aliphatic carboxylic acids is 1. The van der Waals surface area contributed by atoms with Crippen LogP contribution in [0.4, 0.5) is 8.78 Å². The van der Waals surface area contributed by atoms with Gasteiger partial charge in [0.2, 0.25) is 0 Å². The lowest BCUT2D eigenvalue weighted by molar-refractivity contribution is -0.131. The van der Waals surface area contributed by atoms with Crippen molar-refractivity contribution in [1.29, 1.82) is 0 Å². The van der Waals surface area contributed by atoms with Crippen LogP contribution in [0.1, 0.15) is 10.4 Å². The summed E-state index contributed by atoms with van der Waals surface area (Å²) in [6.45, 7) is -0.302. The highest BCUT2D eigenvalue weighted by Gasteiger charge is 2.23. The van der Waals surface area contributed by atoms with Gasteiger partial charge in [0.05, 0.1) is 0 Å². The van der Waals surface area contributed by atoms with Crippen molar-refractivity contribution in [1.82, 2.24) is 4.72 Å². The Hall–Kier alpha value is -1.32. The number of rotatable bonds is 6. The minimum atomic E-state index is -4.64. The van der Waals surface area contributed by atoms with Crippen molar-refractivity contribution in [3.05, 3.63) is 28.0 Å². The molecule has 1 heterocycles. The summed E-state index contributed by atoms with van der Waals surface area (Å²) in [6, 6.07) is 1.57. The molecule has 0 atom stereocenters. The molecule has 0 radical (unpaired) electrons. The van der Waals surface area contributed by atoms with E-state index in [2.05, 4.69) is 0 Å². The fourth-order valence-corrected chi connectivity index (χ4v) is 2.40. The lowest BCUT2D eigenvalue weighted by Gasteiger charge is -2.04. The zero-order chi connectivity index (χ0) is 13.8. The Bertz CT molecular complexity index is 551. The van der Waals surface area contributed by atoms with E-state index in [1.807, 2.05) is 0 Å². The molecule has 18 heavy (non-hydrogen) atoms. The highest BCUT2D eigenvalue weighted by molar-refractivity contribution is 7.89.